The summed E-state index contributed by atoms with van der Waals surface area (Å²) in [6.45, 7) is 1.84. The Morgan fingerprint density at radius 3 is 3.00 bits per heavy atom. The highest BCUT2D eigenvalue weighted by molar-refractivity contribution is 5.53. The Hall–Kier alpha value is -1.09. The number of rotatable bonds is 2. The van der Waals surface area contributed by atoms with Gasteiger partial charge in [0.25, 0.3) is 0 Å². The van der Waals surface area contributed by atoms with Gasteiger partial charge in [-0.25, -0.2) is 4.98 Å². The third-order valence-corrected chi connectivity index (χ3v) is 5.01. The standard InChI is InChI=1S/C15H21N3/c16-8-12-7-11-2-1-3-14(11)17-15(12)18-9-10-4-5-13(18)6-10/h7,10,13H,1-6,8-9,16H2. The maximum absolute atomic E-state index is 5.94. The predicted molar refractivity (Wildman–Crippen MR) is 72.6 cm³/mol. The molecule has 3 heteroatoms. The lowest BCUT2D eigenvalue weighted by molar-refractivity contribution is 0.548. The second kappa shape index (κ2) is 3.95. The zero-order valence-corrected chi connectivity index (χ0v) is 10.9. The minimum atomic E-state index is 0.628. The van der Waals surface area contributed by atoms with Crippen LogP contribution in [0.15, 0.2) is 6.07 Å². The summed E-state index contributed by atoms with van der Waals surface area (Å²) in [5.74, 6) is 2.13. The van der Waals surface area contributed by atoms with Gasteiger partial charge < -0.3 is 10.6 Å². The van der Waals surface area contributed by atoms with Crippen LogP contribution in [0.4, 0.5) is 5.82 Å². The summed E-state index contributed by atoms with van der Waals surface area (Å²) in [6, 6.07) is 3.07. The van der Waals surface area contributed by atoms with Crippen LogP contribution in [0.2, 0.25) is 0 Å². The molecule has 3 aliphatic rings. The highest BCUT2D eigenvalue weighted by atomic mass is 15.2. The van der Waals surface area contributed by atoms with E-state index in [9.17, 15) is 0 Å². The molecule has 2 atom stereocenters. The Kier molecular flexibility index (Phi) is 2.37. The Balaban J connectivity index is 1.75. The molecule has 2 heterocycles. The van der Waals surface area contributed by atoms with Gasteiger partial charge in [-0.2, -0.15) is 0 Å². The molecule has 2 fully saturated rings. The van der Waals surface area contributed by atoms with Crippen molar-refractivity contribution in [2.75, 3.05) is 11.4 Å². The first-order chi connectivity index (χ1) is 8.85. The number of piperidine rings is 1. The molecule has 2 aliphatic carbocycles. The maximum atomic E-state index is 5.94. The third kappa shape index (κ3) is 1.50. The lowest BCUT2D eigenvalue weighted by atomic mass is 10.1. The van der Waals surface area contributed by atoms with E-state index in [2.05, 4.69) is 11.0 Å². The minimum absolute atomic E-state index is 0.628. The molecule has 2 unspecified atom stereocenters. The SMILES string of the molecule is NCc1cc2c(nc1N1CC3CCC1C3)CCC2. The van der Waals surface area contributed by atoms with Crippen LogP contribution in [-0.4, -0.2) is 17.6 Å². The average Bonchev–Trinajstić information content (AvgIpc) is 3.12. The van der Waals surface area contributed by atoms with Crippen LogP contribution in [0.3, 0.4) is 0 Å². The molecule has 0 aromatic carbocycles. The topological polar surface area (TPSA) is 42.1 Å². The lowest BCUT2D eigenvalue weighted by Crippen LogP contribution is -2.34. The predicted octanol–water partition coefficient (Wildman–Crippen LogP) is 2.02. The van der Waals surface area contributed by atoms with Gasteiger partial charge in [0, 0.05) is 30.4 Å². The normalized spacial score (nSPS) is 29.1. The van der Waals surface area contributed by atoms with Crippen LogP contribution in [0, 0.1) is 5.92 Å². The number of aryl methyl sites for hydroxylation is 2. The highest BCUT2D eigenvalue weighted by Crippen LogP contribution is 2.41. The van der Waals surface area contributed by atoms with Crippen molar-refractivity contribution in [1.82, 2.24) is 4.98 Å². The van der Waals surface area contributed by atoms with Crippen LogP contribution in [-0.2, 0) is 19.4 Å². The van der Waals surface area contributed by atoms with Gasteiger partial charge >= 0.3 is 0 Å². The van der Waals surface area contributed by atoms with Crippen LogP contribution < -0.4 is 10.6 Å². The molecular weight excluding hydrogens is 222 g/mol. The second-order valence-electron chi connectivity index (χ2n) is 6.12. The minimum Gasteiger partial charge on any atom is -0.353 e. The number of fused-ring (bicyclic) bond motifs is 3. The van der Waals surface area contributed by atoms with Gasteiger partial charge in [0.1, 0.15) is 5.82 Å². The van der Waals surface area contributed by atoms with Crippen molar-refractivity contribution in [3.63, 3.8) is 0 Å². The van der Waals surface area contributed by atoms with E-state index in [1.807, 2.05) is 0 Å². The molecule has 0 spiro atoms. The summed E-state index contributed by atoms with van der Waals surface area (Å²) in [7, 11) is 0. The van der Waals surface area contributed by atoms with Gasteiger partial charge in [0.15, 0.2) is 0 Å². The zero-order valence-electron chi connectivity index (χ0n) is 10.9. The zero-order chi connectivity index (χ0) is 12.1. The molecule has 4 rings (SSSR count). The van der Waals surface area contributed by atoms with Crippen LogP contribution in [0.25, 0.3) is 0 Å². The first-order valence-corrected chi connectivity index (χ1v) is 7.33. The van der Waals surface area contributed by atoms with Crippen molar-refractivity contribution in [1.29, 1.82) is 0 Å². The number of hydrogen-bond donors (Lipinski definition) is 1. The Labute approximate surface area is 108 Å². The first kappa shape index (κ1) is 10.8. The molecule has 0 radical (unpaired) electrons. The summed E-state index contributed by atoms with van der Waals surface area (Å²) < 4.78 is 0. The third-order valence-electron chi connectivity index (χ3n) is 5.01. The molecule has 1 aromatic rings. The van der Waals surface area contributed by atoms with Crippen molar-refractivity contribution >= 4 is 5.82 Å². The number of anilines is 1. The highest BCUT2D eigenvalue weighted by Gasteiger charge is 2.39. The number of pyridine rings is 1. The van der Waals surface area contributed by atoms with E-state index >= 15 is 0 Å². The first-order valence-electron chi connectivity index (χ1n) is 7.33. The number of nitrogens with zero attached hydrogens (tertiary/aromatic N) is 2. The van der Waals surface area contributed by atoms with Crippen molar-refractivity contribution in [3.8, 4) is 0 Å². The van der Waals surface area contributed by atoms with E-state index in [4.69, 9.17) is 10.7 Å². The molecule has 1 saturated carbocycles. The van der Waals surface area contributed by atoms with E-state index in [0.717, 1.165) is 18.4 Å². The van der Waals surface area contributed by atoms with Crippen molar-refractivity contribution in [2.24, 2.45) is 11.7 Å². The molecule has 3 nitrogen and oxygen atoms in total. The molecule has 0 amide bonds. The second-order valence-corrected chi connectivity index (χ2v) is 6.12. The largest absolute Gasteiger partial charge is 0.353 e. The van der Waals surface area contributed by atoms with Crippen molar-refractivity contribution in [3.05, 3.63) is 22.9 Å². The fourth-order valence-electron chi connectivity index (χ4n) is 4.09. The molecule has 1 aromatic heterocycles. The van der Waals surface area contributed by atoms with Gasteiger partial charge in [-0.15, -0.1) is 0 Å². The summed E-state index contributed by atoms with van der Waals surface area (Å²) in [4.78, 5) is 7.52. The van der Waals surface area contributed by atoms with Crippen molar-refractivity contribution < 1.29 is 0 Å². The summed E-state index contributed by atoms with van der Waals surface area (Å²) >= 11 is 0. The monoisotopic (exact) mass is 243 g/mol. The van der Waals surface area contributed by atoms with E-state index in [-0.39, 0.29) is 0 Å². The van der Waals surface area contributed by atoms with Crippen molar-refractivity contribution in [2.45, 2.75) is 51.1 Å². The van der Waals surface area contributed by atoms with Gasteiger partial charge in [-0.1, -0.05) is 0 Å². The number of hydrogen-bond acceptors (Lipinski definition) is 3. The summed E-state index contributed by atoms with van der Waals surface area (Å²) in [5, 5.41) is 0. The van der Waals surface area contributed by atoms with Crippen LogP contribution in [0.1, 0.15) is 42.5 Å². The Morgan fingerprint density at radius 2 is 2.28 bits per heavy atom. The molecule has 1 saturated heterocycles. The smallest absolute Gasteiger partial charge is 0.133 e. The van der Waals surface area contributed by atoms with Gasteiger partial charge in [-0.3, -0.25) is 0 Å². The van der Waals surface area contributed by atoms with E-state index in [0.29, 0.717) is 6.54 Å². The molecular formula is C15H21N3. The fraction of sp³-hybridized carbons (Fsp3) is 0.667. The number of nitrogens with two attached hydrogens (primary N) is 1. The van der Waals surface area contributed by atoms with E-state index in [1.165, 1.54) is 61.3 Å². The molecule has 1 aliphatic heterocycles. The van der Waals surface area contributed by atoms with Crippen LogP contribution in [0.5, 0.6) is 0 Å². The summed E-state index contributed by atoms with van der Waals surface area (Å²) in [6.07, 6.45) is 7.78. The van der Waals surface area contributed by atoms with Gasteiger partial charge in [0.05, 0.1) is 0 Å². The summed E-state index contributed by atoms with van der Waals surface area (Å²) in [5.41, 5.74) is 10.00. The molecule has 2 bridgehead atoms. The Morgan fingerprint density at radius 1 is 1.33 bits per heavy atom. The fourth-order valence-corrected chi connectivity index (χ4v) is 4.09. The molecule has 96 valence electrons. The average molecular weight is 243 g/mol. The molecule has 2 N–H and O–H groups in total. The van der Waals surface area contributed by atoms with E-state index in [1.54, 1.807) is 0 Å². The Bertz CT molecular complexity index is 483. The molecule has 18 heavy (non-hydrogen) atoms. The lowest BCUT2D eigenvalue weighted by Gasteiger charge is -2.30. The van der Waals surface area contributed by atoms with E-state index < -0.39 is 0 Å². The quantitative estimate of drug-likeness (QED) is 0.864. The van der Waals surface area contributed by atoms with Gasteiger partial charge in [-0.05, 0) is 56.1 Å². The van der Waals surface area contributed by atoms with Crippen LogP contribution >= 0.6 is 0 Å². The van der Waals surface area contributed by atoms with Gasteiger partial charge in [0.2, 0.25) is 0 Å². The maximum Gasteiger partial charge on any atom is 0.133 e. The number of aromatic nitrogens is 1.